The van der Waals surface area contributed by atoms with E-state index in [1.807, 2.05) is 27.8 Å². The summed E-state index contributed by atoms with van der Waals surface area (Å²) >= 11 is 1.58. The molecule has 1 fully saturated rings. The SMILES string of the molecule is O=C(CCc1cscn1)N1CCCC[C@H]1Cn1cccn1. The second-order valence-corrected chi connectivity index (χ2v) is 6.16. The van der Waals surface area contributed by atoms with Gasteiger partial charge in [0, 0.05) is 30.7 Å². The smallest absolute Gasteiger partial charge is 0.223 e. The van der Waals surface area contributed by atoms with Crippen LogP contribution in [0.15, 0.2) is 29.4 Å². The number of piperidine rings is 1. The molecule has 0 saturated carbocycles. The average Bonchev–Trinajstić information content (AvgIpc) is 3.18. The molecule has 6 heteroatoms. The highest BCUT2D eigenvalue weighted by Crippen LogP contribution is 2.20. The molecule has 112 valence electrons. The van der Waals surface area contributed by atoms with Crippen molar-refractivity contribution in [3.05, 3.63) is 35.0 Å². The number of hydrogen-bond acceptors (Lipinski definition) is 4. The van der Waals surface area contributed by atoms with Crippen molar-refractivity contribution in [2.75, 3.05) is 6.54 Å². The minimum atomic E-state index is 0.250. The van der Waals surface area contributed by atoms with Gasteiger partial charge in [0.1, 0.15) is 0 Å². The number of nitrogens with zero attached hydrogens (tertiary/aromatic N) is 4. The van der Waals surface area contributed by atoms with E-state index in [0.29, 0.717) is 6.42 Å². The van der Waals surface area contributed by atoms with Gasteiger partial charge >= 0.3 is 0 Å². The predicted molar refractivity (Wildman–Crippen MR) is 82.0 cm³/mol. The maximum Gasteiger partial charge on any atom is 0.223 e. The van der Waals surface area contributed by atoms with E-state index in [4.69, 9.17) is 0 Å². The first-order chi connectivity index (χ1) is 10.3. The second kappa shape index (κ2) is 6.85. The Morgan fingerprint density at radius 3 is 3.14 bits per heavy atom. The van der Waals surface area contributed by atoms with Gasteiger partial charge in [-0.1, -0.05) is 0 Å². The molecule has 2 aromatic rings. The van der Waals surface area contributed by atoms with E-state index in [1.54, 1.807) is 17.5 Å². The van der Waals surface area contributed by atoms with Gasteiger partial charge in [0.15, 0.2) is 0 Å². The van der Waals surface area contributed by atoms with Crippen LogP contribution in [0.4, 0.5) is 0 Å². The number of hydrogen-bond donors (Lipinski definition) is 0. The van der Waals surface area contributed by atoms with Crippen LogP contribution < -0.4 is 0 Å². The third-order valence-electron chi connectivity index (χ3n) is 3.98. The van der Waals surface area contributed by atoms with Crippen molar-refractivity contribution < 1.29 is 4.79 Å². The van der Waals surface area contributed by atoms with Crippen LogP contribution in [-0.2, 0) is 17.8 Å². The molecule has 0 radical (unpaired) electrons. The zero-order valence-corrected chi connectivity index (χ0v) is 12.8. The molecule has 0 aliphatic carbocycles. The lowest BCUT2D eigenvalue weighted by atomic mass is 10.0. The summed E-state index contributed by atoms with van der Waals surface area (Å²) in [6.45, 7) is 1.68. The normalized spacial score (nSPS) is 18.9. The van der Waals surface area contributed by atoms with Crippen molar-refractivity contribution in [2.24, 2.45) is 0 Å². The quantitative estimate of drug-likeness (QED) is 0.852. The highest BCUT2D eigenvalue weighted by Gasteiger charge is 2.26. The molecule has 21 heavy (non-hydrogen) atoms. The van der Waals surface area contributed by atoms with Crippen molar-refractivity contribution >= 4 is 17.2 Å². The topological polar surface area (TPSA) is 51.0 Å². The number of rotatable bonds is 5. The Bertz CT molecular complexity index is 552. The molecule has 1 aliphatic heterocycles. The van der Waals surface area contributed by atoms with Crippen LogP contribution in [0.25, 0.3) is 0 Å². The maximum atomic E-state index is 12.5. The summed E-state index contributed by atoms with van der Waals surface area (Å²) < 4.78 is 1.93. The lowest BCUT2D eigenvalue weighted by Gasteiger charge is -2.35. The van der Waals surface area contributed by atoms with Crippen molar-refractivity contribution in [2.45, 2.75) is 44.7 Å². The number of carbonyl (C=O) groups excluding carboxylic acids is 1. The Labute approximate surface area is 128 Å². The number of aryl methyl sites for hydroxylation is 1. The zero-order valence-electron chi connectivity index (χ0n) is 12.0. The van der Waals surface area contributed by atoms with E-state index in [2.05, 4.69) is 15.0 Å². The molecule has 0 N–H and O–H groups in total. The van der Waals surface area contributed by atoms with Crippen LogP contribution in [-0.4, -0.2) is 38.2 Å². The first-order valence-electron chi connectivity index (χ1n) is 7.47. The summed E-state index contributed by atoms with van der Waals surface area (Å²) in [6.07, 6.45) is 8.43. The monoisotopic (exact) mass is 304 g/mol. The van der Waals surface area contributed by atoms with Gasteiger partial charge in [-0.25, -0.2) is 4.98 Å². The molecule has 2 aromatic heterocycles. The van der Waals surface area contributed by atoms with E-state index >= 15 is 0 Å². The molecule has 1 saturated heterocycles. The minimum Gasteiger partial charge on any atom is -0.338 e. The van der Waals surface area contributed by atoms with E-state index < -0.39 is 0 Å². The molecule has 3 rings (SSSR count). The Morgan fingerprint density at radius 1 is 1.43 bits per heavy atom. The molecule has 0 unspecified atom stereocenters. The van der Waals surface area contributed by atoms with Crippen molar-refractivity contribution in [3.63, 3.8) is 0 Å². The van der Waals surface area contributed by atoms with Gasteiger partial charge in [-0.15, -0.1) is 11.3 Å². The molecule has 0 spiro atoms. The summed E-state index contributed by atoms with van der Waals surface area (Å²) in [5.74, 6) is 0.250. The average molecular weight is 304 g/mol. The molecule has 1 aliphatic rings. The highest BCUT2D eigenvalue weighted by atomic mass is 32.1. The van der Waals surface area contributed by atoms with Gasteiger partial charge < -0.3 is 4.90 Å². The predicted octanol–water partition coefficient (Wildman–Crippen LogP) is 2.35. The number of thiazole rings is 1. The number of carbonyl (C=O) groups is 1. The molecule has 0 bridgehead atoms. The van der Waals surface area contributed by atoms with E-state index in [9.17, 15) is 4.79 Å². The summed E-state index contributed by atoms with van der Waals surface area (Å²) in [6, 6.07) is 2.21. The Kier molecular flexibility index (Phi) is 4.65. The molecule has 1 amide bonds. The first-order valence-corrected chi connectivity index (χ1v) is 8.41. The number of amides is 1. The third kappa shape index (κ3) is 3.69. The van der Waals surface area contributed by atoms with E-state index in [-0.39, 0.29) is 11.9 Å². The van der Waals surface area contributed by atoms with Crippen molar-refractivity contribution in [3.8, 4) is 0 Å². The number of aromatic nitrogens is 3. The summed E-state index contributed by atoms with van der Waals surface area (Å²) in [5, 5.41) is 6.28. The van der Waals surface area contributed by atoms with Gasteiger partial charge in [0.2, 0.25) is 5.91 Å². The minimum absolute atomic E-state index is 0.250. The van der Waals surface area contributed by atoms with Crippen LogP contribution in [0.1, 0.15) is 31.4 Å². The fraction of sp³-hybridized carbons (Fsp3) is 0.533. The molecule has 0 aromatic carbocycles. The first kappa shape index (κ1) is 14.3. The maximum absolute atomic E-state index is 12.5. The van der Waals surface area contributed by atoms with E-state index in [1.165, 1.54) is 6.42 Å². The van der Waals surface area contributed by atoms with Gasteiger partial charge in [-0.3, -0.25) is 9.48 Å². The summed E-state index contributed by atoms with van der Waals surface area (Å²) in [4.78, 5) is 18.8. The van der Waals surface area contributed by atoms with Gasteiger partial charge in [0.25, 0.3) is 0 Å². The lowest BCUT2D eigenvalue weighted by Crippen LogP contribution is -2.46. The van der Waals surface area contributed by atoms with Crippen LogP contribution in [0.2, 0.25) is 0 Å². The fourth-order valence-electron chi connectivity index (χ4n) is 2.88. The van der Waals surface area contributed by atoms with Crippen LogP contribution >= 0.6 is 11.3 Å². The zero-order chi connectivity index (χ0) is 14.5. The van der Waals surface area contributed by atoms with Crippen LogP contribution in [0.5, 0.6) is 0 Å². The molecule has 5 nitrogen and oxygen atoms in total. The highest BCUT2D eigenvalue weighted by molar-refractivity contribution is 7.07. The Balaban J connectivity index is 1.58. The van der Waals surface area contributed by atoms with Gasteiger partial charge in [0.05, 0.1) is 23.8 Å². The summed E-state index contributed by atoms with van der Waals surface area (Å²) in [7, 11) is 0. The fourth-order valence-corrected chi connectivity index (χ4v) is 3.48. The summed E-state index contributed by atoms with van der Waals surface area (Å²) in [5.41, 5.74) is 2.84. The van der Waals surface area contributed by atoms with Gasteiger partial charge in [-0.05, 0) is 31.7 Å². The molecule has 3 heterocycles. The number of likely N-dealkylation sites (tertiary alicyclic amines) is 1. The third-order valence-corrected chi connectivity index (χ3v) is 4.62. The Morgan fingerprint density at radius 2 is 2.38 bits per heavy atom. The molecule has 1 atom stereocenters. The van der Waals surface area contributed by atoms with Gasteiger partial charge in [-0.2, -0.15) is 5.10 Å². The molecular formula is C15H20N4OS. The van der Waals surface area contributed by atoms with Crippen molar-refractivity contribution in [1.29, 1.82) is 0 Å². The van der Waals surface area contributed by atoms with Crippen LogP contribution in [0, 0.1) is 0 Å². The lowest BCUT2D eigenvalue weighted by molar-refractivity contribution is -0.135. The largest absolute Gasteiger partial charge is 0.338 e. The standard InChI is InChI=1S/C15H20N4OS/c20-15(6-5-13-11-21-12-16-13)19-9-2-1-4-14(19)10-18-8-3-7-17-18/h3,7-8,11-12,14H,1-2,4-6,9-10H2/t14-/m0/s1. The molecular weight excluding hydrogens is 284 g/mol. The van der Waals surface area contributed by atoms with Crippen molar-refractivity contribution in [1.82, 2.24) is 19.7 Å². The Hall–Kier alpha value is -1.69. The van der Waals surface area contributed by atoms with E-state index in [0.717, 1.165) is 38.0 Å². The second-order valence-electron chi connectivity index (χ2n) is 5.44. The van der Waals surface area contributed by atoms with Crippen LogP contribution in [0.3, 0.4) is 0 Å².